The minimum Gasteiger partial charge on any atom is -0.394 e. The predicted octanol–water partition coefficient (Wildman–Crippen LogP) is 16.1. The lowest BCUT2D eigenvalue weighted by molar-refractivity contribution is -0.302. The maximum Gasteiger partial charge on any atom is 0.220 e. The van der Waals surface area contributed by atoms with Crippen molar-refractivity contribution >= 4 is 5.91 Å². The van der Waals surface area contributed by atoms with Crippen LogP contribution >= 0.6 is 0 Å². The fraction of sp³-hybridized carbons (Fsp3) is 0.921. The molecule has 7 atom stereocenters. The molecule has 6 N–H and O–H groups in total. The zero-order chi connectivity index (χ0) is 52.2. The first-order chi connectivity index (χ1) is 35.3. The summed E-state index contributed by atoms with van der Waals surface area (Å²) in [4.78, 5) is 13.1. The molecule has 1 fully saturated rings. The smallest absolute Gasteiger partial charge is 0.220 e. The van der Waals surface area contributed by atoms with Crippen LogP contribution in [0, 0.1) is 0 Å². The van der Waals surface area contributed by atoms with Gasteiger partial charge in [0.1, 0.15) is 24.4 Å². The Balaban J connectivity index is 2.20. The number of ether oxygens (including phenoxy) is 2. The third-order valence-corrected chi connectivity index (χ3v) is 15.3. The molecule has 0 radical (unpaired) electrons. The summed E-state index contributed by atoms with van der Waals surface area (Å²) in [5.74, 6) is -0.179. The summed E-state index contributed by atoms with van der Waals surface area (Å²) in [6.07, 6.45) is 61.2. The van der Waals surface area contributed by atoms with E-state index in [2.05, 4.69) is 31.3 Å². The molecule has 0 spiro atoms. The molecule has 1 aliphatic heterocycles. The molecule has 0 aromatic carbocycles. The second-order valence-corrected chi connectivity index (χ2v) is 22.2. The molecule has 1 aliphatic rings. The zero-order valence-electron chi connectivity index (χ0n) is 47.5. The van der Waals surface area contributed by atoms with E-state index in [0.717, 1.165) is 38.5 Å². The van der Waals surface area contributed by atoms with Gasteiger partial charge in [-0.3, -0.25) is 4.79 Å². The summed E-state index contributed by atoms with van der Waals surface area (Å²) in [6.45, 7) is 3.81. The second-order valence-electron chi connectivity index (χ2n) is 22.2. The first kappa shape index (κ1) is 68.7. The minimum absolute atomic E-state index is 0.179. The van der Waals surface area contributed by atoms with E-state index in [1.165, 1.54) is 257 Å². The van der Waals surface area contributed by atoms with E-state index in [0.29, 0.717) is 6.42 Å². The first-order valence-electron chi connectivity index (χ1n) is 31.6. The van der Waals surface area contributed by atoms with Crippen molar-refractivity contribution in [1.82, 2.24) is 5.32 Å². The Bertz CT molecular complexity index is 1180. The molecule has 0 aromatic heterocycles. The van der Waals surface area contributed by atoms with Crippen LogP contribution in [-0.2, 0) is 14.3 Å². The van der Waals surface area contributed by atoms with Gasteiger partial charge in [-0.2, -0.15) is 0 Å². The highest BCUT2D eigenvalue weighted by Crippen LogP contribution is 2.23. The van der Waals surface area contributed by atoms with Crippen molar-refractivity contribution < 1.29 is 39.8 Å². The van der Waals surface area contributed by atoms with Crippen LogP contribution < -0.4 is 5.32 Å². The summed E-state index contributed by atoms with van der Waals surface area (Å²) in [6, 6.07) is -0.819. The SMILES string of the molecule is CCCCCCCCCCCCCCCCCCCCC/C=C/CC/C=C/C(O)C(COC1OC(CO)C(O)C(O)C1O)NC(=O)CCCCCCCCCCCCCCCCCCCCCCCCCC. The fourth-order valence-electron chi connectivity index (χ4n) is 10.3. The molecule has 9 nitrogen and oxygen atoms in total. The monoisotopic (exact) mass is 1020 g/mol. The van der Waals surface area contributed by atoms with Gasteiger partial charge in [-0.15, -0.1) is 0 Å². The first-order valence-corrected chi connectivity index (χ1v) is 31.6. The predicted molar refractivity (Wildman–Crippen MR) is 304 cm³/mol. The molecular weight excluding hydrogens is 899 g/mol. The van der Waals surface area contributed by atoms with E-state index in [9.17, 15) is 30.3 Å². The highest BCUT2D eigenvalue weighted by Gasteiger charge is 2.44. The van der Waals surface area contributed by atoms with Gasteiger partial charge in [0.15, 0.2) is 6.29 Å². The van der Waals surface area contributed by atoms with Gasteiger partial charge in [-0.25, -0.2) is 0 Å². The van der Waals surface area contributed by atoms with Crippen LogP contribution in [0.25, 0.3) is 0 Å². The van der Waals surface area contributed by atoms with E-state index >= 15 is 0 Å². The van der Waals surface area contributed by atoms with Gasteiger partial charge in [0.05, 0.1) is 25.4 Å². The molecule has 0 aromatic rings. The average molecular weight is 1020 g/mol. The van der Waals surface area contributed by atoms with Crippen molar-refractivity contribution in [3.05, 3.63) is 24.3 Å². The minimum atomic E-state index is -1.57. The third kappa shape index (κ3) is 41.9. The molecule has 1 rings (SSSR count). The number of aliphatic hydroxyl groups is 5. The van der Waals surface area contributed by atoms with Gasteiger partial charge in [-0.05, 0) is 32.1 Å². The van der Waals surface area contributed by atoms with Crippen molar-refractivity contribution in [3.8, 4) is 0 Å². The van der Waals surface area contributed by atoms with E-state index in [-0.39, 0.29) is 12.5 Å². The summed E-state index contributed by atoms with van der Waals surface area (Å²) in [5.41, 5.74) is 0. The lowest BCUT2D eigenvalue weighted by Crippen LogP contribution is -2.60. The van der Waals surface area contributed by atoms with Crippen LogP contribution in [0.3, 0.4) is 0 Å². The van der Waals surface area contributed by atoms with Gasteiger partial charge in [-0.1, -0.05) is 301 Å². The van der Waals surface area contributed by atoms with Crippen molar-refractivity contribution in [2.45, 2.75) is 358 Å². The number of carbonyl (C=O) groups excluding carboxylic acids is 1. The normalized spacial score (nSPS) is 19.2. The number of hydrogen-bond donors (Lipinski definition) is 6. The van der Waals surface area contributed by atoms with Gasteiger partial charge >= 0.3 is 0 Å². The highest BCUT2D eigenvalue weighted by atomic mass is 16.7. The molecule has 72 heavy (non-hydrogen) atoms. The van der Waals surface area contributed by atoms with E-state index < -0.39 is 49.5 Å². The average Bonchev–Trinajstić information content (AvgIpc) is 3.38. The van der Waals surface area contributed by atoms with Crippen LogP contribution in [0.15, 0.2) is 24.3 Å². The Labute approximate surface area is 445 Å². The Morgan fingerprint density at radius 1 is 0.458 bits per heavy atom. The van der Waals surface area contributed by atoms with Crippen LogP contribution in [0.5, 0.6) is 0 Å². The van der Waals surface area contributed by atoms with Gasteiger partial charge in [0.25, 0.3) is 0 Å². The molecular formula is C63H121NO8. The molecule has 0 saturated carbocycles. The largest absolute Gasteiger partial charge is 0.394 e. The van der Waals surface area contributed by atoms with E-state index in [4.69, 9.17) is 9.47 Å². The quantitative estimate of drug-likeness (QED) is 0.0261. The summed E-state index contributed by atoms with van der Waals surface area (Å²) < 4.78 is 11.3. The Morgan fingerprint density at radius 3 is 1.17 bits per heavy atom. The second kappa shape index (κ2) is 53.1. The molecule has 1 saturated heterocycles. The molecule has 9 heteroatoms. The van der Waals surface area contributed by atoms with Crippen LogP contribution in [0.2, 0.25) is 0 Å². The van der Waals surface area contributed by atoms with Gasteiger partial charge in [0, 0.05) is 6.42 Å². The number of rotatable bonds is 55. The maximum atomic E-state index is 13.1. The Morgan fingerprint density at radius 2 is 0.792 bits per heavy atom. The Hall–Kier alpha value is -1.33. The molecule has 0 bridgehead atoms. The number of carbonyl (C=O) groups is 1. The molecule has 1 heterocycles. The molecule has 0 aliphatic carbocycles. The number of hydrogen-bond acceptors (Lipinski definition) is 8. The van der Waals surface area contributed by atoms with Gasteiger partial charge < -0.3 is 40.3 Å². The highest BCUT2D eigenvalue weighted by molar-refractivity contribution is 5.76. The summed E-state index contributed by atoms with van der Waals surface area (Å²) in [7, 11) is 0. The zero-order valence-corrected chi connectivity index (χ0v) is 47.5. The fourth-order valence-corrected chi connectivity index (χ4v) is 10.3. The van der Waals surface area contributed by atoms with Crippen LogP contribution in [0.1, 0.15) is 316 Å². The Kier molecular flexibility index (Phi) is 50.6. The molecule has 7 unspecified atom stereocenters. The summed E-state index contributed by atoms with van der Waals surface area (Å²) >= 11 is 0. The number of nitrogens with one attached hydrogen (secondary N) is 1. The van der Waals surface area contributed by atoms with Crippen molar-refractivity contribution in [2.24, 2.45) is 0 Å². The molecule has 1 amide bonds. The number of allylic oxidation sites excluding steroid dienone is 3. The topological polar surface area (TPSA) is 149 Å². The lowest BCUT2D eigenvalue weighted by Gasteiger charge is -2.40. The standard InChI is InChI=1S/C63H121NO8/c1-3-5-7-9-11-13-15-17-19-21-23-25-27-29-30-32-34-36-38-40-42-44-46-48-50-52-57(66)56(55-71-63-62(70)61(69)60(68)58(54-65)72-63)64-59(67)53-51-49-47-45-43-41-39-37-35-33-31-28-26-24-22-20-18-16-14-12-10-8-6-4-2/h42,44,50,52,56-58,60-63,65-66,68-70H,3-41,43,45-49,51,53-55H2,1-2H3,(H,64,67)/b44-42+,52-50+. The van der Waals surface area contributed by atoms with Crippen LogP contribution in [0.4, 0.5) is 0 Å². The van der Waals surface area contributed by atoms with Crippen molar-refractivity contribution in [3.63, 3.8) is 0 Å². The number of aliphatic hydroxyl groups excluding tert-OH is 5. The van der Waals surface area contributed by atoms with Crippen molar-refractivity contribution in [2.75, 3.05) is 13.2 Å². The summed E-state index contributed by atoms with van der Waals surface area (Å²) in [5, 5.41) is 54.6. The van der Waals surface area contributed by atoms with E-state index in [1.807, 2.05) is 6.08 Å². The number of unbranched alkanes of at least 4 members (excludes halogenated alkanes) is 43. The lowest BCUT2D eigenvalue weighted by atomic mass is 9.99. The molecule has 426 valence electrons. The number of amides is 1. The van der Waals surface area contributed by atoms with E-state index in [1.54, 1.807) is 6.08 Å². The maximum absolute atomic E-state index is 13.1. The van der Waals surface area contributed by atoms with Crippen LogP contribution in [-0.4, -0.2) is 87.5 Å². The van der Waals surface area contributed by atoms with Crippen molar-refractivity contribution in [1.29, 1.82) is 0 Å². The third-order valence-electron chi connectivity index (χ3n) is 15.3. The van der Waals surface area contributed by atoms with Gasteiger partial charge in [0.2, 0.25) is 5.91 Å².